The number of halogens is 1. The molecule has 5 heteroatoms. The molecular formula is C9H15BrN2O2. The number of nitrogens with one attached hydrogen (secondary N) is 1. The van der Waals surface area contributed by atoms with Crippen molar-refractivity contribution in [2.45, 2.75) is 12.5 Å². The number of nitrogens with two attached hydrogens (primary N) is 1. The first-order valence-corrected chi connectivity index (χ1v) is 5.36. The summed E-state index contributed by atoms with van der Waals surface area (Å²) in [5.74, 6) is 0.811. The van der Waals surface area contributed by atoms with Crippen LogP contribution in [0.2, 0.25) is 0 Å². The van der Waals surface area contributed by atoms with E-state index in [0.29, 0.717) is 6.54 Å². The van der Waals surface area contributed by atoms with E-state index in [1.807, 2.05) is 6.07 Å². The van der Waals surface area contributed by atoms with E-state index < -0.39 is 0 Å². The third kappa shape index (κ3) is 3.09. The number of aliphatic hydroxyl groups excluding tert-OH is 1. The van der Waals surface area contributed by atoms with Crippen molar-refractivity contribution < 1.29 is 9.52 Å². The van der Waals surface area contributed by atoms with E-state index in [9.17, 15) is 0 Å². The second kappa shape index (κ2) is 6.19. The van der Waals surface area contributed by atoms with Crippen molar-refractivity contribution >= 4 is 15.9 Å². The van der Waals surface area contributed by atoms with Crippen LogP contribution in [0.25, 0.3) is 0 Å². The molecule has 80 valence electrons. The fourth-order valence-electron chi connectivity index (χ4n) is 1.19. The molecule has 1 atom stereocenters. The summed E-state index contributed by atoms with van der Waals surface area (Å²) in [7, 11) is 0. The van der Waals surface area contributed by atoms with E-state index >= 15 is 0 Å². The van der Waals surface area contributed by atoms with Crippen LogP contribution in [-0.4, -0.2) is 24.8 Å². The van der Waals surface area contributed by atoms with Crippen molar-refractivity contribution in [1.29, 1.82) is 0 Å². The summed E-state index contributed by atoms with van der Waals surface area (Å²) >= 11 is 3.38. The lowest BCUT2D eigenvalue weighted by Gasteiger charge is -2.14. The third-order valence-electron chi connectivity index (χ3n) is 1.92. The smallest absolute Gasteiger partial charge is 0.136 e. The molecule has 1 rings (SSSR count). The van der Waals surface area contributed by atoms with Gasteiger partial charge in [-0.2, -0.15) is 0 Å². The van der Waals surface area contributed by atoms with E-state index in [1.54, 1.807) is 6.26 Å². The molecule has 4 N–H and O–H groups in total. The van der Waals surface area contributed by atoms with Crippen LogP contribution in [0.3, 0.4) is 0 Å². The molecule has 0 bridgehead atoms. The second-order valence-corrected chi connectivity index (χ2v) is 3.81. The van der Waals surface area contributed by atoms with Crippen LogP contribution in [0.15, 0.2) is 21.2 Å². The lowest BCUT2D eigenvalue weighted by Crippen LogP contribution is -2.29. The first kappa shape index (κ1) is 11.7. The Bertz CT molecular complexity index is 265. The van der Waals surface area contributed by atoms with Crippen LogP contribution in [0.4, 0.5) is 0 Å². The van der Waals surface area contributed by atoms with Crippen molar-refractivity contribution in [1.82, 2.24) is 5.32 Å². The Balaban J connectivity index is 2.50. The standard InChI is InChI=1S/C9H15BrN2O2/c10-7-2-5-14-9(7)8(6-11)12-3-1-4-13/h2,5,8,12-13H,1,3-4,6,11H2. The number of hydrogen-bond acceptors (Lipinski definition) is 4. The number of aliphatic hydroxyl groups is 1. The summed E-state index contributed by atoms with van der Waals surface area (Å²) in [6, 6.07) is 1.84. The lowest BCUT2D eigenvalue weighted by atomic mass is 10.2. The summed E-state index contributed by atoms with van der Waals surface area (Å²) in [5, 5.41) is 11.8. The highest BCUT2D eigenvalue weighted by atomic mass is 79.9. The summed E-state index contributed by atoms with van der Waals surface area (Å²) < 4.78 is 6.22. The van der Waals surface area contributed by atoms with Gasteiger partial charge in [0.2, 0.25) is 0 Å². The molecule has 4 nitrogen and oxygen atoms in total. The Morgan fingerprint density at radius 3 is 2.93 bits per heavy atom. The van der Waals surface area contributed by atoms with Gasteiger partial charge in [-0.1, -0.05) is 0 Å². The molecule has 1 unspecified atom stereocenters. The summed E-state index contributed by atoms with van der Waals surface area (Å²) in [6.45, 7) is 1.38. The molecule has 1 aromatic rings. The Kier molecular flexibility index (Phi) is 5.17. The highest BCUT2D eigenvalue weighted by Crippen LogP contribution is 2.23. The Hall–Kier alpha value is -0.360. The fourth-order valence-corrected chi connectivity index (χ4v) is 1.67. The lowest BCUT2D eigenvalue weighted by molar-refractivity contribution is 0.281. The fraction of sp³-hybridized carbons (Fsp3) is 0.556. The highest BCUT2D eigenvalue weighted by Gasteiger charge is 2.15. The largest absolute Gasteiger partial charge is 0.466 e. The minimum atomic E-state index is 0.00549. The van der Waals surface area contributed by atoms with E-state index in [2.05, 4.69) is 21.2 Å². The third-order valence-corrected chi connectivity index (χ3v) is 2.58. The van der Waals surface area contributed by atoms with Crippen molar-refractivity contribution in [3.8, 4) is 0 Å². The molecule has 0 fully saturated rings. The van der Waals surface area contributed by atoms with E-state index in [4.69, 9.17) is 15.3 Å². The minimum Gasteiger partial charge on any atom is -0.466 e. The van der Waals surface area contributed by atoms with Gasteiger partial charge in [-0.15, -0.1) is 0 Å². The SMILES string of the molecule is NCC(NCCCO)c1occc1Br. The van der Waals surface area contributed by atoms with Crippen LogP contribution < -0.4 is 11.1 Å². The zero-order valence-electron chi connectivity index (χ0n) is 7.87. The summed E-state index contributed by atoms with van der Waals surface area (Å²) in [5.41, 5.74) is 5.61. The predicted molar refractivity (Wildman–Crippen MR) is 57.9 cm³/mol. The first-order valence-electron chi connectivity index (χ1n) is 4.56. The number of furan rings is 1. The van der Waals surface area contributed by atoms with Gasteiger partial charge in [0.1, 0.15) is 5.76 Å². The van der Waals surface area contributed by atoms with E-state index in [1.165, 1.54) is 0 Å². The highest BCUT2D eigenvalue weighted by molar-refractivity contribution is 9.10. The minimum absolute atomic E-state index is 0.00549. The molecule has 1 heterocycles. The molecule has 0 aliphatic rings. The van der Waals surface area contributed by atoms with Crippen molar-refractivity contribution in [2.24, 2.45) is 5.73 Å². The first-order chi connectivity index (χ1) is 6.79. The average molecular weight is 263 g/mol. The summed E-state index contributed by atoms with van der Waals surface area (Å²) in [4.78, 5) is 0. The van der Waals surface area contributed by atoms with E-state index in [0.717, 1.165) is 23.2 Å². The second-order valence-electron chi connectivity index (χ2n) is 2.95. The van der Waals surface area contributed by atoms with Crippen molar-refractivity contribution in [2.75, 3.05) is 19.7 Å². The molecule has 0 spiro atoms. The van der Waals surface area contributed by atoms with Crippen LogP contribution in [0.1, 0.15) is 18.2 Å². The monoisotopic (exact) mass is 262 g/mol. The van der Waals surface area contributed by atoms with Crippen LogP contribution in [-0.2, 0) is 0 Å². The van der Waals surface area contributed by atoms with Gasteiger partial charge in [-0.3, -0.25) is 0 Å². The molecule has 0 saturated heterocycles. The predicted octanol–water partition coefficient (Wildman–Crippen LogP) is 1.01. The van der Waals surface area contributed by atoms with Gasteiger partial charge in [0.05, 0.1) is 16.8 Å². The quantitative estimate of drug-likeness (QED) is 0.670. The molecule has 0 aliphatic heterocycles. The number of rotatable bonds is 6. The molecule has 0 amide bonds. The van der Waals surface area contributed by atoms with Gasteiger partial charge < -0.3 is 20.6 Å². The normalized spacial score (nSPS) is 13.1. The molecule has 14 heavy (non-hydrogen) atoms. The van der Waals surface area contributed by atoms with Gasteiger partial charge in [0.15, 0.2) is 0 Å². The van der Waals surface area contributed by atoms with Crippen LogP contribution in [0, 0.1) is 0 Å². The van der Waals surface area contributed by atoms with Crippen LogP contribution >= 0.6 is 15.9 Å². The average Bonchev–Trinajstić information content (AvgIpc) is 2.60. The molecular weight excluding hydrogens is 248 g/mol. The zero-order valence-corrected chi connectivity index (χ0v) is 9.46. The summed E-state index contributed by atoms with van der Waals surface area (Å²) in [6.07, 6.45) is 2.34. The van der Waals surface area contributed by atoms with Crippen molar-refractivity contribution in [3.05, 3.63) is 22.6 Å². The van der Waals surface area contributed by atoms with E-state index in [-0.39, 0.29) is 12.6 Å². The Morgan fingerprint density at radius 2 is 2.43 bits per heavy atom. The maximum atomic E-state index is 8.63. The number of hydrogen-bond donors (Lipinski definition) is 3. The maximum Gasteiger partial charge on any atom is 0.136 e. The maximum absolute atomic E-state index is 8.63. The molecule has 0 aliphatic carbocycles. The molecule has 0 radical (unpaired) electrons. The zero-order chi connectivity index (χ0) is 10.4. The molecule has 0 aromatic carbocycles. The van der Waals surface area contributed by atoms with Crippen molar-refractivity contribution in [3.63, 3.8) is 0 Å². The van der Waals surface area contributed by atoms with Gasteiger partial charge in [0.25, 0.3) is 0 Å². The molecule has 0 saturated carbocycles. The van der Waals surface area contributed by atoms with Gasteiger partial charge in [0, 0.05) is 13.2 Å². The Morgan fingerprint density at radius 1 is 1.64 bits per heavy atom. The molecule has 1 aromatic heterocycles. The van der Waals surface area contributed by atoms with Gasteiger partial charge in [-0.05, 0) is 35.0 Å². The van der Waals surface area contributed by atoms with Crippen LogP contribution in [0.5, 0.6) is 0 Å². The van der Waals surface area contributed by atoms with Gasteiger partial charge in [-0.25, -0.2) is 0 Å². The topological polar surface area (TPSA) is 71.4 Å². The Labute approximate surface area is 91.6 Å². The van der Waals surface area contributed by atoms with Gasteiger partial charge >= 0.3 is 0 Å².